The lowest BCUT2D eigenvalue weighted by Gasteiger charge is -2.35. The van der Waals surface area contributed by atoms with Gasteiger partial charge in [-0.1, -0.05) is 36.8 Å². The zero-order chi connectivity index (χ0) is 20.5. The first-order chi connectivity index (χ1) is 14.1. The topological polar surface area (TPSA) is 78.9 Å². The minimum atomic E-state index is -3.74. The predicted molar refractivity (Wildman–Crippen MR) is 112 cm³/mol. The van der Waals surface area contributed by atoms with Crippen LogP contribution in [-0.2, 0) is 26.2 Å². The average Bonchev–Trinajstić information content (AvgIpc) is 2.74. The van der Waals surface area contributed by atoms with Crippen molar-refractivity contribution < 1.29 is 17.9 Å². The summed E-state index contributed by atoms with van der Waals surface area (Å²) in [6.07, 6.45) is 7.86. The molecule has 0 saturated carbocycles. The SMILES string of the molecule is O=C(OCCCCc1ccccc1)[C@@H]1CCCCN1S(=O)(=O)NN1CCCCC1. The van der Waals surface area contributed by atoms with Crippen molar-refractivity contribution >= 4 is 16.2 Å². The van der Waals surface area contributed by atoms with Crippen molar-refractivity contribution in [3.8, 4) is 0 Å². The molecule has 2 heterocycles. The highest BCUT2D eigenvalue weighted by Crippen LogP contribution is 2.22. The fraction of sp³-hybridized carbons (Fsp3) is 0.667. The highest BCUT2D eigenvalue weighted by molar-refractivity contribution is 7.87. The molecule has 2 aliphatic rings. The van der Waals surface area contributed by atoms with Gasteiger partial charge < -0.3 is 4.74 Å². The second-order valence-electron chi connectivity index (χ2n) is 7.88. The van der Waals surface area contributed by atoms with Gasteiger partial charge in [-0.3, -0.25) is 4.79 Å². The number of hydrazine groups is 1. The van der Waals surface area contributed by atoms with Gasteiger partial charge in [-0.05, 0) is 56.9 Å². The standard InChI is InChI=1S/C21H33N3O4S/c25-21(28-18-10-6-13-19-11-3-1-4-12-19)20-14-5-9-17-24(20)29(26,27)22-23-15-7-2-8-16-23/h1,3-4,11-12,20,22H,2,5-10,13-18H2/t20-/m0/s1. The van der Waals surface area contributed by atoms with Crippen molar-refractivity contribution in [3.63, 3.8) is 0 Å². The zero-order valence-electron chi connectivity index (χ0n) is 17.1. The lowest BCUT2D eigenvalue weighted by molar-refractivity contribution is -0.149. The number of aryl methyl sites for hydroxylation is 1. The summed E-state index contributed by atoms with van der Waals surface area (Å²) in [4.78, 5) is 15.3. The van der Waals surface area contributed by atoms with Crippen LogP contribution in [0.25, 0.3) is 0 Å². The number of unbranched alkanes of at least 4 members (excludes halogenated alkanes) is 1. The third-order valence-electron chi connectivity index (χ3n) is 5.58. The number of hydrogen-bond donors (Lipinski definition) is 1. The molecule has 2 fully saturated rings. The lowest BCUT2D eigenvalue weighted by atomic mass is 10.1. The number of carbonyl (C=O) groups excluding carboxylic acids is 1. The van der Waals surface area contributed by atoms with Gasteiger partial charge in [0.25, 0.3) is 10.2 Å². The Kier molecular flexibility index (Phi) is 8.47. The van der Waals surface area contributed by atoms with Crippen molar-refractivity contribution in [1.82, 2.24) is 14.1 Å². The Labute approximate surface area is 174 Å². The molecule has 0 bridgehead atoms. The number of hydrogen-bond acceptors (Lipinski definition) is 5. The minimum absolute atomic E-state index is 0.329. The summed E-state index contributed by atoms with van der Waals surface area (Å²) in [6, 6.07) is 9.49. The third kappa shape index (κ3) is 6.77. The van der Waals surface area contributed by atoms with Gasteiger partial charge in [0.15, 0.2) is 0 Å². The summed E-state index contributed by atoms with van der Waals surface area (Å²) in [5, 5.41) is 1.75. The van der Waals surface area contributed by atoms with Gasteiger partial charge in [0.2, 0.25) is 0 Å². The van der Waals surface area contributed by atoms with Crippen LogP contribution in [0.3, 0.4) is 0 Å². The summed E-state index contributed by atoms with van der Waals surface area (Å²) in [5.74, 6) is -0.423. The number of nitrogens with one attached hydrogen (secondary N) is 1. The van der Waals surface area contributed by atoms with Crippen molar-refractivity contribution in [3.05, 3.63) is 35.9 Å². The molecular formula is C21H33N3O4S. The molecule has 29 heavy (non-hydrogen) atoms. The molecule has 1 aromatic carbocycles. The number of rotatable bonds is 9. The molecule has 3 rings (SSSR count). The monoisotopic (exact) mass is 423 g/mol. The summed E-state index contributed by atoms with van der Waals surface area (Å²) >= 11 is 0. The second-order valence-corrected chi connectivity index (χ2v) is 9.48. The Morgan fingerprint density at radius 3 is 2.48 bits per heavy atom. The van der Waals surface area contributed by atoms with Crippen LogP contribution >= 0.6 is 0 Å². The van der Waals surface area contributed by atoms with E-state index in [4.69, 9.17) is 4.74 Å². The smallest absolute Gasteiger partial charge is 0.324 e. The maximum atomic E-state index is 12.9. The Morgan fingerprint density at radius 1 is 1.00 bits per heavy atom. The van der Waals surface area contributed by atoms with Crippen LogP contribution in [0.4, 0.5) is 0 Å². The van der Waals surface area contributed by atoms with Crippen molar-refractivity contribution in [2.45, 2.75) is 63.8 Å². The van der Waals surface area contributed by atoms with Crippen LogP contribution in [0.1, 0.15) is 56.9 Å². The third-order valence-corrected chi connectivity index (χ3v) is 7.13. The Hall–Kier alpha value is -1.48. The van der Waals surface area contributed by atoms with Gasteiger partial charge in [0.05, 0.1) is 6.61 Å². The van der Waals surface area contributed by atoms with Gasteiger partial charge >= 0.3 is 5.97 Å². The average molecular weight is 424 g/mol. The summed E-state index contributed by atoms with van der Waals surface area (Å²) in [6.45, 7) is 2.11. The van der Waals surface area contributed by atoms with E-state index in [2.05, 4.69) is 17.0 Å². The predicted octanol–water partition coefficient (Wildman–Crippen LogP) is 2.64. The molecule has 0 amide bonds. The van der Waals surface area contributed by atoms with E-state index in [0.717, 1.165) is 51.4 Å². The van der Waals surface area contributed by atoms with E-state index >= 15 is 0 Å². The van der Waals surface area contributed by atoms with E-state index < -0.39 is 22.2 Å². The van der Waals surface area contributed by atoms with E-state index in [1.807, 2.05) is 18.2 Å². The second kappa shape index (κ2) is 11.1. The fourth-order valence-corrected chi connectivity index (χ4v) is 5.48. The molecular weight excluding hydrogens is 390 g/mol. The molecule has 0 spiro atoms. The number of carbonyl (C=O) groups is 1. The number of ether oxygens (including phenoxy) is 1. The zero-order valence-corrected chi connectivity index (χ0v) is 17.9. The molecule has 7 nitrogen and oxygen atoms in total. The number of piperidine rings is 2. The Morgan fingerprint density at radius 2 is 1.72 bits per heavy atom. The van der Waals surface area contributed by atoms with Crippen LogP contribution in [-0.4, -0.2) is 56.0 Å². The quantitative estimate of drug-likeness (QED) is 0.488. The summed E-state index contributed by atoms with van der Waals surface area (Å²) in [5.41, 5.74) is 1.27. The van der Waals surface area contributed by atoms with E-state index in [9.17, 15) is 13.2 Å². The van der Waals surface area contributed by atoms with Gasteiger partial charge in [-0.15, -0.1) is 4.83 Å². The molecule has 1 atom stereocenters. The lowest BCUT2D eigenvalue weighted by Crippen LogP contribution is -2.57. The fourth-order valence-electron chi connectivity index (χ4n) is 3.97. The Balaban J connectivity index is 1.47. The van der Waals surface area contributed by atoms with Gasteiger partial charge in [0.1, 0.15) is 6.04 Å². The maximum absolute atomic E-state index is 12.9. The van der Waals surface area contributed by atoms with Crippen LogP contribution in [0, 0.1) is 0 Å². The van der Waals surface area contributed by atoms with Gasteiger partial charge in [-0.25, -0.2) is 5.01 Å². The molecule has 2 saturated heterocycles. The van der Waals surface area contributed by atoms with E-state index in [-0.39, 0.29) is 0 Å². The van der Waals surface area contributed by atoms with Crippen LogP contribution in [0.15, 0.2) is 30.3 Å². The van der Waals surface area contributed by atoms with Crippen LogP contribution in [0.2, 0.25) is 0 Å². The molecule has 0 aromatic heterocycles. The molecule has 1 aromatic rings. The first-order valence-electron chi connectivity index (χ1n) is 10.8. The van der Waals surface area contributed by atoms with Crippen LogP contribution in [0.5, 0.6) is 0 Å². The van der Waals surface area contributed by atoms with Gasteiger partial charge in [0, 0.05) is 19.6 Å². The molecule has 8 heteroatoms. The molecule has 2 aliphatic heterocycles. The van der Waals surface area contributed by atoms with E-state index in [1.165, 1.54) is 9.87 Å². The number of nitrogens with zero attached hydrogens (tertiary/aromatic N) is 2. The minimum Gasteiger partial charge on any atom is -0.464 e. The normalized spacial score (nSPS) is 21.7. The van der Waals surface area contributed by atoms with Crippen molar-refractivity contribution in [1.29, 1.82) is 0 Å². The van der Waals surface area contributed by atoms with Crippen molar-refractivity contribution in [2.24, 2.45) is 0 Å². The summed E-state index contributed by atoms with van der Waals surface area (Å²) in [7, 11) is -3.74. The molecule has 0 radical (unpaired) electrons. The molecule has 1 N–H and O–H groups in total. The van der Waals surface area contributed by atoms with Crippen molar-refractivity contribution in [2.75, 3.05) is 26.2 Å². The largest absolute Gasteiger partial charge is 0.464 e. The van der Waals surface area contributed by atoms with Gasteiger partial charge in [-0.2, -0.15) is 12.7 Å². The molecule has 0 aliphatic carbocycles. The van der Waals surface area contributed by atoms with E-state index in [1.54, 1.807) is 5.01 Å². The molecule has 162 valence electrons. The molecule has 0 unspecified atom stereocenters. The van der Waals surface area contributed by atoms with Crippen LogP contribution < -0.4 is 4.83 Å². The Bertz CT molecular complexity index is 736. The first-order valence-corrected chi connectivity index (χ1v) is 12.2. The first kappa shape index (κ1) is 22.2. The maximum Gasteiger partial charge on any atom is 0.324 e. The number of esters is 1. The highest BCUT2D eigenvalue weighted by atomic mass is 32.2. The highest BCUT2D eigenvalue weighted by Gasteiger charge is 2.38. The summed E-state index contributed by atoms with van der Waals surface area (Å²) < 4.78 is 32.5. The number of benzene rings is 1. The van der Waals surface area contributed by atoms with E-state index in [0.29, 0.717) is 32.7 Å².